The lowest BCUT2D eigenvalue weighted by atomic mass is 10.2. The molecule has 0 aliphatic rings. The molecule has 5 nitrogen and oxygen atoms in total. The molecular weight excluding hydrogens is 342 g/mol. The van der Waals surface area contributed by atoms with Crippen molar-refractivity contribution in [3.8, 4) is 23.3 Å². The Balaban J connectivity index is 2.23. The van der Waals surface area contributed by atoms with Gasteiger partial charge in [0.25, 0.3) is 0 Å². The topological polar surface area (TPSA) is 68.5 Å². The van der Waals surface area contributed by atoms with Crippen molar-refractivity contribution in [2.24, 2.45) is 0 Å². The van der Waals surface area contributed by atoms with Gasteiger partial charge in [-0.25, -0.2) is 4.79 Å². The Hall–Kier alpha value is -2.97. The van der Waals surface area contributed by atoms with Crippen LogP contribution in [-0.4, -0.2) is 19.7 Å². The monoisotopic (exact) mass is 357 g/mol. The van der Waals surface area contributed by atoms with Gasteiger partial charge in [0, 0.05) is 17.7 Å². The van der Waals surface area contributed by atoms with E-state index in [1.54, 1.807) is 26.2 Å². The number of methoxy groups -OCH3 is 1. The smallest absolute Gasteiger partial charge is 0.336 e. The van der Waals surface area contributed by atoms with Gasteiger partial charge in [-0.3, -0.25) is 0 Å². The lowest BCUT2D eigenvalue weighted by Crippen LogP contribution is -2.06. The zero-order valence-corrected chi connectivity index (χ0v) is 14.5. The van der Waals surface area contributed by atoms with E-state index >= 15 is 0 Å². The summed E-state index contributed by atoms with van der Waals surface area (Å²) < 4.78 is 15.9. The minimum Gasteiger partial charge on any atom is -0.496 e. The third-order valence-corrected chi connectivity index (χ3v) is 3.46. The van der Waals surface area contributed by atoms with Gasteiger partial charge in [-0.15, -0.1) is 0 Å². The summed E-state index contributed by atoms with van der Waals surface area (Å²) in [6.45, 7) is 2.12. The van der Waals surface area contributed by atoms with Crippen LogP contribution in [0.25, 0.3) is 6.08 Å². The number of halogens is 1. The molecule has 0 heterocycles. The number of carbonyl (C=O) groups excluding carboxylic acids is 1. The zero-order valence-electron chi connectivity index (χ0n) is 13.8. The molecule has 0 bridgehead atoms. The number of hydrogen-bond donors (Lipinski definition) is 0. The first-order chi connectivity index (χ1) is 12.1. The third-order valence-electron chi connectivity index (χ3n) is 3.18. The van der Waals surface area contributed by atoms with Gasteiger partial charge in [0.15, 0.2) is 11.5 Å². The van der Waals surface area contributed by atoms with E-state index in [2.05, 4.69) is 0 Å². The van der Waals surface area contributed by atoms with Crippen molar-refractivity contribution in [2.75, 3.05) is 13.7 Å². The Labute approximate surface area is 151 Å². The number of esters is 1. The summed E-state index contributed by atoms with van der Waals surface area (Å²) in [7, 11) is 1.55. The fraction of sp³-hybridized carbons (Fsp3) is 0.158. The Morgan fingerprint density at radius 3 is 2.72 bits per heavy atom. The molecule has 2 rings (SSSR count). The maximum absolute atomic E-state index is 12.1. The van der Waals surface area contributed by atoms with Crippen LogP contribution in [0.3, 0.4) is 0 Å². The molecule has 0 amide bonds. The quantitative estimate of drug-likeness (QED) is 0.439. The summed E-state index contributed by atoms with van der Waals surface area (Å²) in [5.41, 5.74) is 1.05. The van der Waals surface area contributed by atoms with Gasteiger partial charge >= 0.3 is 5.97 Å². The fourth-order valence-electron chi connectivity index (χ4n) is 2.09. The predicted octanol–water partition coefficient (Wildman–Crippen LogP) is 4.24. The van der Waals surface area contributed by atoms with Crippen molar-refractivity contribution >= 4 is 23.6 Å². The molecule has 0 saturated heterocycles. The second-order valence-electron chi connectivity index (χ2n) is 4.83. The Bertz CT molecular complexity index is 840. The van der Waals surface area contributed by atoms with Crippen LogP contribution in [0, 0.1) is 11.3 Å². The fourth-order valence-corrected chi connectivity index (χ4v) is 2.34. The van der Waals surface area contributed by atoms with Crippen LogP contribution in [0.5, 0.6) is 17.2 Å². The highest BCUT2D eigenvalue weighted by Gasteiger charge is 2.15. The van der Waals surface area contributed by atoms with E-state index < -0.39 is 5.97 Å². The van der Waals surface area contributed by atoms with Crippen LogP contribution < -0.4 is 14.2 Å². The first-order valence-corrected chi connectivity index (χ1v) is 7.86. The summed E-state index contributed by atoms with van der Waals surface area (Å²) in [4.78, 5) is 12.1. The van der Waals surface area contributed by atoms with E-state index in [1.165, 1.54) is 18.2 Å². The summed E-state index contributed by atoms with van der Waals surface area (Å²) >= 11 is 6.11. The van der Waals surface area contributed by atoms with Crippen molar-refractivity contribution in [3.63, 3.8) is 0 Å². The van der Waals surface area contributed by atoms with Crippen LogP contribution in [0.2, 0.25) is 5.02 Å². The van der Waals surface area contributed by atoms with Crippen LogP contribution in [0.1, 0.15) is 18.1 Å². The first-order valence-electron chi connectivity index (χ1n) is 7.48. The lowest BCUT2D eigenvalue weighted by Gasteiger charge is -2.11. The largest absolute Gasteiger partial charge is 0.496 e. The van der Waals surface area contributed by atoms with Crippen molar-refractivity contribution in [1.82, 2.24) is 0 Å². The zero-order chi connectivity index (χ0) is 18.2. The van der Waals surface area contributed by atoms with Gasteiger partial charge in [-0.1, -0.05) is 29.8 Å². The molecule has 0 fully saturated rings. The summed E-state index contributed by atoms with van der Waals surface area (Å²) in [5, 5.41) is 9.12. The molecule has 2 aromatic carbocycles. The lowest BCUT2D eigenvalue weighted by molar-refractivity contribution is -0.129. The predicted molar refractivity (Wildman–Crippen MR) is 95.0 cm³/mol. The molecule has 0 saturated carbocycles. The second-order valence-corrected chi connectivity index (χ2v) is 5.23. The van der Waals surface area contributed by atoms with E-state index in [1.807, 2.05) is 24.3 Å². The van der Waals surface area contributed by atoms with Gasteiger partial charge in [0.2, 0.25) is 0 Å². The Morgan fingerprint density at radius 2 is 2.04 bits per heavy atom. The highest BCUT2D eigenvalue weighted by atomic mass is 35.5. The van der Waals surface area contributed by atoms with Gasteiger partial charge in [-0.05, 0) is 25.1 Å². The molecule has 6 heteroatoms. The maximum atomic E-state index is 12.1. The summed E-state index contributed by atoms with van der Waals surface area (Å²) in [6.07, 6.45) is 2.85. The van der Waals surface area contributed by atoms with E-state index in [-0.39, 0.29) is 16.5 Å². The van der Waals surface area contributed by atoms with E-state index in [9.17, 15) is 4.79 Å². The molecule has 0 aliphatic carbocycles. The van der Waals surface area contributed by atoms with Gasteiger partial charge in [0.05, 0.1) is 30.4 Å². The highest BCUT2D eigenvalue weighted by Crippen LogP contribution is 2.36. The van der Waals surface area contributed by atoms with Gasteiger partial charge in [-0.2, -0.15) is 5.26 Å². The van der Waals surface area contributed by atoms with Gasteiger partial charge in [0.1, 0.15) is 5.75 Å². The Kier molecular flexibility index (Phi) is 6.44. The van der Waals surface area contributed by atoms with E-state index in [0.717, 1.165) is 5.56 Å². The third kappa shape index (κ3) is 4.75. The van der Waals surface area contributed by atoms with Crippen LogP contribution in [0.15, 0.2) is 42.5 Å². The molecule has 0 radical (unpaired) electrons. The number of hydrogen-bond acceptors (Lipinski definition) is 5. The Morgan fingerprint density at radius 1 is 1.28 bits per heavy atom. The number of nitriles is 1. The SMILES string of the molecule is CCOc1cc(C#N)cc(Cl)c1OC(=O)/C=C/c1ccccc1OC. The van der Waals surface area contributed by atoms with Crippen LogP contribution >= 0.6 is 11.6 Å². The molecule has 0 aromatic heterocycles. The maximum Gasteiger partial charge on any atom is 0.336 e. The average molecular weight is 358 g/mol. The van der Waals surface area contributed by atoms with Crippen LogP contribution in [0.4, 0.5) is 0 Å². The van der Waals surface area contributed by atoms with Crippen molar-refractivity contribution in [2.45, 2.75) is 6.92 Å². The number of carbonyl (C=O) groups is 1. The van der Waals surface area contributed by atoms with Crippen molar-refractivity contribution in [1.29, 1.82) is 5.26 Å². The average Bonchev–Trinajstić information content (AvgIpc) is 2.62. The molecule has 25 heavy (non-hydrogen) atoms. The number of nitrogens with zero attached hydrogens (tertiary/aromatic N) is 1. The summed E-state index contributed by atoms with van der Waals surface area (Å²) in [5.74, 6) is 0.333. The second kappa shape index (κ2) is 8.76. The standard InChI is InChI=1S/C19H16ClNO4/c1-3-24-17-11-13(12-21)10-15(20)19(17)25-18(22)9-8-14-6-4-5-7-16(14)23-2/h4-11H,3H2,1-2H3/b9-8+. The van der Waals surface area contributed by atoms with E-state index in [0.29, 0.717) is 17.9 Å². The number of benzene rings is 2. The minimum atomic E-state index is -0.626. The molecule has 0 atom stereocenters. The molecule has 128 valence electrons. The molecule has 0 aliphatic heterocycles. The molecule has 2 aromatic rings. The normalized spacial score (nSPS) is 10.3. The molecule has 0 unspecified atom stereocenters. The number of rotatable bonds is 6. The van der Waals surface area contributed by atoms with E-state index in [4.69, 9.17) is 31.1 Å². The number of para-hydroxylation sites is 1. The van der Waals surface area contributed by atoms with Crippen LogP contribution in [-0.2, 0) is 4.79 Å². The van der Waals surface area contributed by atoms with Crippen molar-refractivity contribution in [3.05, 3.63) is 58.6 Å². The molecule has 0 N–H and O–H groups in total. The van der Waals surface area contributed by atoms with Gasteiger partial charge < -0.3 is 14.2 Å². The highest BCUT2D eigenvalue weighted by molar-refractivity contribution is 6.32. The summed E-state index contributed by atoms with van der Waals surface area (Å²) in [6, 6.07) is 12.1. The molecule has 0 spiro atoms. The molecular formula is C19H16ClNO4. The first kappa shape index (κ1) is 18.4. The van der Waals surface area contributed by atoms with Crippen molar-refractivity contribution < 1.29 is 19.0 Å². The number of ether oxygens (including phenoxy) is 3. The minimum absolute atomic E-state index is 0.0807.